The Balaban J connectivity index is 1.72. The predicted octanol–water partition coefficient (Wildman–Crippen LogP) is 1.94. The normalized spacial score (nSPS) is 18.1. The van der Waals surface area contributed by atoms with E-state index in [4.69, 9.17) is 4.74 Å². The summed E-state index contributed by atoms with van der Waals surface area (Å²) in [7, 11) is 1.39. The van der Waals surface area contributed by atoms with E-state index < -0.39 is 0 Å². The van der Waals surface area contributed by atoms with Gasteiger partial charge in [0.25, 0.3) is 0 Å². The van der Waals surface area contributed by atoms with Gasteiger partial charge in [-0.25, -0.2) is 0 Å². The van der Waals surface area contributed by atoms with E-state index in [1.165, 1.54) is 12.7 Å². The molecule has 1 amide bonds. The highest BCUT2D eigenvalue weighted by Crippen LogP contribution is 2.19. The average Bonchev–Trinajstić information content (AvgIpc) is 2.97. The Labute approximate surface area is 123 Å². The summed E-state index contributed by atoms with van der Waals surface area (Å²) in [5.74, 6) is 1.04. The second-order valence-corrected chi connectivity index (χ2v) is 5.81. The SMILES string of the molecule is COC(=O)C1CCN(C(=O)CSCc2ccccc2)C1. The number of esters is 1. The van der Waals surface area contributed by atoms with Crippen molar-refractivity contribution in [2.45, 2.75) is 12.2 Å². The van der Waals surface area contributed by atoms with Crippen molar-refractivity contribution in [1.29, 1.82) is 0 Å². The van der Waals surface area contributed by atoms with Crippen molar-refractivity contribution >= 4 is 23.6 Å². The summed E-state index contributed by atoms with van der Waals surface area (Å²) in [5.41, 5.74) is 1.22. The number of rotatable bonds is 5. The van der Waals surface area contributed by atoms with Gasteiger partial charge in [0, 0.05) is 18.8 Å². The fourth-order valence-electron chi connectivity index (χ4n) is 2.27. The topological polar surface area (TPSA) is 46.6 Å². The summed E-state index contributed by atoms with van der Waals surface area (Å²) in [6.45, 7) is 1.15. The summed E-state index contributed by atoms with van der Waals surface area (Å²) < 4.78 is 4.72. The Morgan fingerprint density at radius 1 is 1.35 bits per heavy atom. The molecule has 1 aromatic carbocycles. The standard InChI is InChI=1S/C15H19NO3S/c1-19-15(18)13-7-8-16(9-13)14(17)11-20-10-12-5-3-2-4-6-12/h2-6,13H,7-11H2,1H3. The maximum Gasteiger partial charge on any atom is 0.310 e. The van der Waals surface area contributed by atoms with Gasteiger partial charge in [0.2, 0.25) is 5.91 Å². The quantitative estimate of drug-likeness (QED) is 0.778. The molecule has 1 aliphatic heterocycles. The highest BCUT2D eigenvalue weighted by atomic mass is 32.2. The van der Waals surface area contributed by atoms with Crippen LogP contribution in [0.15, 0.2) is 30.3 Å². The molecule has 0 bridgehead atoms. The number of ether oxygens (including phenoxy) is 1. The van der Waals surface area contributed by atoms with E-state index in [0.29, 0.717) is 25.3 Å². The predicted molar refractivity (Wildman–Crippen MR) is 79.3 cm³/mol. The minimum absolute atomic E-state index is 0.109. The molecule has 0 aliphatic carbocycles. The van der Waals surface area contributed by atoms with Gasteiger partial charge in [0.15, 0.2) is 0 Å². The fraction of sp³-hybridized carbons (Fsp3) is 0.467. The summed E-state index contributed by atoms with van der Waals surface area (Å²) in [6, 6.07) is 10.1. The number of hydrogen-bond donors (Lipinski definition) is 0. The van der Waals surface area contributed by atoms with Crippen LogP contribution in [0.1, 0.15) is 12.0 Å². The molecule has 1 atom stereocenters. The third kappa shape index (κ3) is 4.00. The first kappa shape index (κ1) is 14.9. The number of carbonyl (C=O) groups is 2. The van der Waals surface area contributed by atoms with Crippen molar-refractivity contribution in [3.05, 3.63) is 35.9 Å². The summed E-state index contributed by atoms with van der Waals surface area (Å²) in [5, 5.41) is 0. The molecule has 108 valence electrons. The number of thioether (sulfide) groups is 1. The largest absolute Gasteiger partial charge is 0.469 e. The molecule has 1 unspecified atom stereocenters. The maximum absolute atomic E-state index is 12.0. The van der Waals surface area contributed by atoms with Crippen molar-refractivity contribution in [3.63, 3.8) is 0 Å². The van der Waals surface area contributed by atoms with E-state index in [0.717, 1.165) is 5.75 Å². The second-order valence-electron chi connectivity index (χ2n) is 4.83. The Hall–Kier alpha value is -1.49. The average molecular weight is 293 g/mol. The molecule has 0 spiro atoms. The lowest BCUT2D eigenvalue weighted by Gasteiger charge is -2.15. The van der Waals surface area contributed by atoms with E-state index in [2.05, 4.69) is 12.1 Å². The van der Waals surface area contributed by atoms with Crippen LogP contribution in [0.5, 0.6) is 0 Å². The maximum atomic E-state index is 12.0. The highest BCUT2D eigenvalue weighted by Gasteiger charge is 2.31. The molecule has 1 aliphatic rings. The van der Waals surface area contributed by atoms with Crippen LogP contribution in [0.4, 0.5) is 0 Å². The minimum atomic E-state index is -0.211. The van der Waals surface area contributed by atoms with Gasteiger partial charge in [0.05, 0.1) is 18.8 Å². The Morgan fingerprint density at radius 3 is 2.80 bits per heavy atom. The monoisotopic (exact) mass is 293 g/mol. The van der Waals surface area contributed by atoms with Gasteiger partial charge in [-0.2, -0.15) is 0 Å². The Bertz CT molecular complexity index is 463. The van der Waals surface area contributed by atoms with E-state index in [-0.39, 0.29) is 17.8 Å². The van der Waals surface area contributed by atoms with Crippen LogP contribution in [0.25, 0.3) is 0 Å². The molecule has 1 saturated heterocycles. The fourth-order valence-corrected chi connectivity index (χ4v) is 3.15. The number of methoxy groups -OCH3 is 1. The van der Waals surface area contributed by atoms with Crippen molar-refractivity contribution in [2.24, 2.45) is 5.92 Å². The van der Waals surface area contributed by atoms with Gasteiger partial charge >= 0.3 is 5.97 Å². The molecule has 0 radical (unpaired) electrons. The summed E-state index contributed by atoms with van der Waals surface area (Å²) in [6.07, 6.45) is 0.710. The van der Waals surface area contributed by atoms with E-state index in [1.807, 2.05) is 18.2 Å². The highest BCUT2D eigenvalue weighted by molar-refractivity contribution is 7.99. The van der Waals surface area contributed by atoms with Gasteiger partial charge < -0.3 is 9.64 Å². The minimum Gasteiger partial charge on any atom is -0.469 e. The first-order valence-electron chi connectivity index (χ1n) is 6.68. The van der Waals surface area contributed by atoms with Crippen LogP contribution in [0.2, 0.25) is 0 Å². The second kappa shape index (κ2) is 7.33. The molecular weight excluding hydrogens is 274 g/mol. The molecular formula is C15H19NO3S. The van der Waals surface area contributed by atoms with E-state index in [9.17, 15) is 9.59 Å². The third-order valence-corrected chi connectivity index (χ3v) is 4.40. The molecule has 1 aromatic rings. The summed E-state index contributed by atoms with van der Waals surface area (Å²) >= 11 is 1.61. The van der Waals surface area contributed by atoms with Gasteiger partial charge in [0.1, 0.15) is 0 Å². The van der Waals surface area contributed by atoms with Crippen molar-refractivity contribution in [2.75, 3.05) is 26.0 Å². The molecule has 0 N–H and O–H groups in total. The Morgan fingerprint density at radius 2 is 2.10 bits per heavy atom. The van der Waals surface area contributed by atoms with Crippen molar-refractivity contribution in [1.82, 2.24) is 4.90 Å². The van der Waals surface area contributed by atoms with Crippen LogP contribution in [-0.2, 0) is 20.1 Å². The number of likely N-dealkylation sites (tertiary alicyclic amines) is 1. The molecule has 5 heteroatoms. The van der Waals surface area contributed by atoms with Gasteiger partial charge in [-0.1, -0.05) is 30.3 Å². The van der Waals surface area contributed by atoms with Crippen LogP contribution in [0.3, 0.4) is 0 Å². The lowest BCUT2D eigenvalue weighted by Crippen LogP contribution is -2.31. The van der Waals surface area contributed by atoms with Crippen molar-refractivity contribution in [3.8, 4) is 0 Å². The van der Waals surface area contributed by atoms with Crippen LogP contribution in [0, 0.1) is 5.92 Å². The van der Waals surface area contributed by atoms with Crippen LogP contribution < -0.4 is 0 Å². The zero-order chi connectivity index (χ0) is 14.4. The molecule has 2 rings (SSSR count). The lowest BCUT2D eigenvalue weighted by atomic mass is 10.1. The molecule has 20 heavy (non-hydrogen) atoms. The first-order chi connectivity index (χ1) is 9.70. The third-order valence-electron chi connectivity index (χ3n) is 3.41. The number of hydrogen-bond acceptors (Lipinski definition) is 4. The molecule has 0 saturated carbocycles. The Kier molecular flexibility index (Phi) is 5.47. The first-order valence-corrected chi connectivity index (χ1v) is 7.83. The van der Waals surface area contributed by atoms with Crippen LogP contribution >= 0.6 is 11.8 Å². The van der Waals surface area contributed by atoms with Crippen molar-refractivity contribution < 1.29 is 14.3 Å². The molecule has 1 fully saturated rings. The van der Waals surface area contributed by atoms with Gasteiger partial charge in [-0.15, -0.1) is 11.8 Å². The van der Waals surface area contributed by atoms with Crippen LogP contribution in [-0.4, -0.2) is 42.7 Å². The zero-order valence-electron chi connectivity index (χ0n) is 11.6. The zero-order valence-corrected chi connectivity index (χ0v) is 12.4. The summed E-state index contributed by atoms with van der Waals surface area (Å²) in [4.78, 5) is 25.2. The molecule has 0 aromatic heterocycles. The smallest absolute Gasteiger partial charge is 0.310 e. The van der Waals surface area contributed by atoms with Gasteiger partial charge in [-0.05, 0) is 12.0 Å². The number of amides is 1. The number of carbonyl (C=O) groups excluding carboxylic acids is 2. The molecule has 4 nitrogen and oxygen atoms in total. The lowest BCUT2D eigenvalue weighted by molar-refractivity contribution is -0.145. The number of nitrogens with zero attached hydrogens (tertiary/aromatic N) is 1. The van der Waals surface area contributed by atoms with Gasteiger partial charge in [-0.3, -0.25) is 9.59 Å². The number of benzene rings is 1. The molecule has 1 heterocycles. The van der Waals surface area contributed by atoms with E-state index in [1.54, 1.807) is 16.7 Å². The van der Waals surface area contributed by atoms with E-state index >= 15 is 0 Å².